The largest absolute Gasteiger partial charge is 0.261 e. The van der Waals surface area contributed by atoms with Crippen molar-refractivity contribution in [2.24, 2.45) is 0 Å². The van der Waals surface area contributed by atoms with E-state index in [9.17, 15) is 0 Å². The predicted molar refractivity (Wildman–Crippen MR) is 81.5 cm³/mol. The van der Waals surface area contributed by atoms with Crippen LogP contribution in [0.5, 0.6) is 0 Å². The van der Waals surface area contributed by atoms with Crippen molar-refractivity contribution < 1.29 is 0 Å². The summed E-state index contributed by atoms with van der Waals surface area (Å²) in [6.07, 6.45) is 10.5. The van der Waals surface area contributed by atoms with Crippen LogP contribution in [0.15, 0.2) is 37.3 Å². The minimum atomic E-state index is 0.119. The Hall–Kier alpha value is -1.84. The van der Waals surface area contributed by atoms with Crippen molar-refractivity contribution in [3.8, 4) is 0 Å². The molecule has 0 bridgehead atoms. The Balaban J connectivity index is 0.000000200. The van der Waals surface area contributed by atoms with E-state index < -0.39 is 0 Å². The summed E-state index contributed by atoms with van der Waals surface area (Å²) < 4.78 is 0. The molecule has 4 nitrogen and oxygen atoms in total. The average molecular weight is 272 g/mol. The fourth-order valence-electron chi connectivity index (χ4n) is 1.37. The van der Waals surface area contributed by atoms with Crippen molar-refractivity contribution in [1.29, 1.82) is 0 Å². The van der Waals surface area contributed by atoms with E-state index in [0.29, 0.717) is 0 Å². The number of hydrogen-bond donors (Lipinski definition) is 0. The molecule has 0 aliphatic heterocycles. The molecule has 0 saturated carbocycles. The predicted octanol–water partition coefficient (Wildman–Crippen LogP) is 3.55. The van der Waals surface area contributed by atoms with Gasteiger partial charge in [0.25, 0.3) is 0 Å². The highest BCUT2D eigenvalue weighted by Gasteiger charge is 2.14. The van der Waals surface area contributed by atoms with Gasteiger partial charge in [-0.1, -0.05) is 41.5 Å². The minimum Gasteiger partial charge on any atom is -0.261 e. The molecule has 108 valence electrons. The van der Waals surface area contributed by atoms with Crippen LogP contribution in [0.2, 0.25) is 0 Å². The van der Waals surface area contributed by atoms with Gasteiger partial charge in [0.05, 0.1) is 5.69 Å². The summed E-state index contributed by atoms with van der Waals surface area (Å²) in [6.45, 7) is 12.8. The second kappa shape index (κ2) is 6.55. The van der Waals surface area contributed by atoms with E-state index >= 15 is 0 Å². The molecule has 0 saturated heterocycles. The monoisotopic (exact) mass is 272 g/mol. The molecule has 0 fully saturated rings. The number of aromatic nitrogens is 4. The third-order valence-electron chi connectivity index (χ3n) is 2.76. The second-order valence-electron chi connectivity index (χ2n) is 6.72. The maximum absolute atomic E-state index is 4.19. The molecule has 2 aromatic rings. The zero-order valence-corrected chi connectivity index (χ0v) is 13.3. The van der Waals surface area contributed by atoms with Crippen LogP contribution in [-0.4, -0.2) is 19.9 Å². The molecule has 4 heteroatoms. The molecule has 0 spiro atoms. The van der Waals surface area contributed by atoms with Gasteiger partial charge in [-0.15, -0.1) is 0 Å². The van der Waals surface area contributed by atoms with Gasteiger partial charge < -0.3 is 0 Å². The first-order valence-electron chi connectivity index (χ1n) is 6.73. The first-order valence-corrected chi connectivity index (χ1v) is 6.73. The van der Waals surface area contributed by atoms with Gasteiger partial charge in [0.15, 0.2) is 0 Å². The summed E-state index contributed by atoms with van der Waals surface area (Å²) in [5, 5.41) is 0. The summed E-state index contributed by atoms with van der Waals surface area (Å²) in [5.74, 6) is 0. The van der Waals surface area contributed by atoms with E-state index in [-0.39, 0.29) is 10.8 Å². The Kier molecular flexibility index (Phi) is 5.31. The van der Waals surface area contributed by atoms with Crippen LogP contribution in [0.25, 0.3) is 0 Å². The van der Waals surface area contributed by atoms with E-state index in [4.69, 9.17) is 0 Å². The van der Waals surface area contributed by atoms with E-state index in [1.165, 1.54) is 5.56 Å². The molecule has 0 amide bonds. The smallest absolute Gasteiger partial charge is 0.115 e. The SMILES string of the molecule is CC(C)(C)c1cnccn1.CC(C)(C)c1cncnc1. The van der Waals surface area contributed by atoms with Crippen molar-refractivity contribution in [3.63, 3.8) is 0 Å². The average Bonchev–Trinajstić information content (AvgIpc) is 2.40. The Bertz CT molecular complexity index is 446. The molecule has 20 heavy (non-hydrogen) atoms. The van der Waals surface area contributed by atoms with Crippen LogP contribution in [-0.2, 0) is 10.8 Å². The van der Waals surface area contributed by atoms with Gasteiger partial charge in [0, 0.05) is 36.4 Å². The van der Waals surface area contributed by atoms with Gasteiger partial charge in [-0.05, 0) is 11.0 Å². The minimum absolute atomic E-state index is 0.119. The van der Waals surface area contributed by atoms with Gasteiger partial charge in [-0.3, -0.25) is 9.97 Å². The van der Waals surface area contributed by atoms with Crippen molar-refractivity contribution in [2.45, 2.75) is 52.4 Å². The normalized spacial score (nSPS) is 11.5. The number of rotatable bonds is 0. The Labute approximate surface area is 121 Å². The highest BCUT2D eigenvalue weighted by molar-refractivity contribution is 5.13. The maximum atomic E-state index is 4.19. The highest BCUT2D eigenvalue weighted by atomic mass is 14.8. The van der Waals surface area contributed by atoms with Crippen LogP contribution in [0.4, 0.5) is 0 Å². The highest BCUT2D eigenvalue weighted by Crippen LogP contribution is 2.19. The molecule has 0 unspecified atom stereocenters. The molecule has 0 aliphatic rings. The van der Waals surface area contributed by atoms with Crippen LogP contribution >= 0.6 is 0 Å². The number of hydrogen-bond acceptors (Lipinski definition) is 4. The lowest BCUT2D eigenvalue weighted by atomic mass is 9.89. The molecular weight excluding hydrogens is 248 g/mol. The lowest BCUT2D eigenvalue weighted by molar-refractivity contribution is 0.565. The van der Waals surface area contributed by atoms with Crippen molar-refractivity contribution in [3.05, 3.63) is 48.6 Å². The molecule has 0 aliphatic carbocycles. The molecule has 2 heterocycles. The van der Waals surface area contributed by atoms with Crippen LogP contribution in [0.3, 0.4) is 0 Å². The summed E-state index contributed by atoms with van der Waals surface area (Å²) >= 11 is 0. The maximum Gasteiger partial charge on any atom is 0.115 e. The Morgan fingerprint density at radius 2 is 1.30 bits per heavy atom. The fraction of sp³-hybridized carbons (Fsp3) is 0.500. The molecule has 0 atom stereocenters. The van der Waals surface area contributed by atoms with E-state index in [1.807, 2.05) is 12.4 Å². The van der Waals surface area contributed by atoms with E-state index in [1.54, 1.807) is 24.9 Å². The molecule has 2 aromatic heterocycles. The molecule has 0 radical (unpaired) electrons. The van der Waals surface area contributed by atoms with Crippen molar-refractivity contribution >= 4 is 0 Å². The third kappa shape index (κ3) is 5.43. The van der Waals surface area contributed by atoms with Gasteiger partial charge in [-0.2, -0.15) is 0 Å². The van der Waals surface area contributed by atoms with Crippen LogP contribution < -0.4 is 0 Å². The molecule has 2 rings (SSSR count). The van der Waals surface area contributed by atoms with E-state index in [0.717, 1.165) is 5.69 Å². The lowest BCUT2D eigenvalue weighted by Gasteiger charge is -2.16. The van der Waals surface area contributed by atoms with Gasteiger partial charge in [-0.25, -0.2) is 9.97 Å². The van der Waals surface area contributed by atoms with Crippen molar-refractivity contribution in [2.75, 3.05) is 0 Å². The first kappa shape index (κ1) is 16.2. The molecule has 0 aromatic carbocycles. The van der Waals surface area contributed by atoms with Crippen molar-refractivity contribution in [1.82, 2.24) is 19.9 Å². The second-order valence-corrected chi connectivity index (χ2v) is 6.72. The molecular formula is C16H24N4. The van der Waals surface area contributed by atoms with Crippen LogP contribution in [0.1, 0.15) is 52.8 Å². The van der Waals surface area contributed by atoms with Gasteiger partial charge in [0.2, 0.25) is 0 Å². The fourth-order valence-corrected chi connectivity index (χ4v) is 1.37. The van der Waals surface area contributed by atoms with Gasteiger partial charge in [0.1, 0.15) is 6.33 Å². The summed E-state index contributed by atoms with van der Waals surface area (Å²) in [5.41, 5.74) is 2.50. The summed E-state index contributed by atoms with van der Waals surface area (Å²) in [6, 6.07) is 0. The summed E-state index contributed by atoms with van der Waals surface area (Å²) in [4.78, 5) is 16.1. The number of nitrogens with zero attached hydrogens (tertiary/aromatic N) is 4. The first-order chi connectivity index (χ1) is 9.21. The lowest BCUT2D eigenvalue weighted by Crippen LogP contribution is -2.13. The molecule has 0 N–H and O–H groups in total. The standard InChI is InChI=1S/2C8H12N2/c1-8(2,3)7-4-9-6-10-5-7;1-8(2,3)7-6-9-4-5-10-7/h2*4-6H,1-3H3. The zero-order valence-electron chi connectivity index (χ0n) is 13.3. The Morgan fingerprint density at radius 3 is 1.60 bits per heavy atom. The summed E-state index contributed by atoms with van der Waals surface area (Å²) in [7, 11) is 0. The van der Waals surface area contributed by atoms with E-state index in [2.05, 4.69) is 61.5 Å². The quantitative estimate of drug-likeness (QED) is 0.736. The van der Waals surface area contributed by atoms with Gasteiger partial charge >= 0.3 is 0 Å². The topological polar surface area (TPSA) is 51.6 Å². The zero-order chi connectivity index (χ0) is 15.2. The Morgan fingerprint density at radius 1 is 0.700 bits per heavy atom. The third-order valence-corrected chi connectivity index (χ3v) is 2.76. The van der Waals surface area contributed by atoms with Crippen LogP contribution in [0, 0.1) is 0 Å².